The Kier molecular flexibility index (Phi) is 5.81. The van der Waals surface area contributed by atoms with Gasteiger partial charge in [-0.3, -0.25) is 14.5 Å². The first-order valence-electron chi connectivity index (χ1n) is 8.72. The number of methoxy groups -OCH3 is 2. The highest BCUT2D eigenvalue weighted by Gasteiger charge is 2.54. The van der Waals surface area contributed by atoms with Gasteiger partial charge in [-0.05, 0) is 48.5 Å². The Hall–Kier alpha value is -3.83. The Balaban J connectivity index is 1.83. The molecule has 2 atom stereocenters. The summed E-state index contributed by atoms with van der Waals surface area (Å²) < 4.78 is 15.5. The first-order chi connectivity index (χ1) is 14.0. The maximum atomic E-state index is 12.7. The maximum Gasteiger partial charge on any atom is 0.339 e. The van der Waals surface area contributed by atoms with Gasteiger partial charge in [0.15, 0.2) is 5.78 Å². The van der Waals surface area contributed by atoms with Gasteiger partial charge in [0.05, 0.1) is 19.8 Å². The minimum Gasteiger partial charge on any atom is -0.497 e. The van der Waals surface area contributed by atoms with Crippen LogP contribution < -0.4 is 14.4 Å². The molecular formula is C22H19NO6. The highest BCUT2D eigenvalue weighted by Crippen LogP contribution is 2.32. The molecule has 29 heavy (non-hydrogen) atoms. The number of nitrogens with zero attached hydrogens (tertiary/aromatic N) is 1. The average Bonchev–Trinajstić information content (AvgIpc) is 2.75. The normalized spacial score (nSPS) is 17.6. The first kappa shape index (κ1) is 19.9. The molecule has 0 bridgehead atoms. The van der Waals surface area contributed by atoms with Crippen LogP contribution in [0.5, 0.6) is 11.5 Å². The standard InChI is InChI=1S/C22H19NO6/c1-4-5-18(24)19-20(29-22(26)14-6-10-16(27-2)11-7-14)21(25)23(19)15-8-12-17(28-3)13-9-15/h5-13,19-20H,1H2,2-3H3/t19-,20+/m0/s1. The van der Waals surface area contributed by atoms with Gasteiger partial charge in [-0.25, -0.2) is 4.79 Å². The van der Waals surface area contributed by atoms with E-state index in [9.17, 15) is 14.4 Å². The Morgan fingerprint density at radius 3 is 2.07 bits per heavy atom. The molecule has 3 rings (SSSR count). The van der Waals surface area contributed by atoms with Gasteiger partial charge in [-0.15, -0.1) is 5.73 Å². The van der Waals surface area contributed by atoms with Gasteiger partial charge in [-0.1, -0.05) is 6.58 Å². The van der Waals surface area contributed by atoms with E-state index in [2.05, 4.69) is 12.3 Å². The van der Waals surface area contributed by atoms with E-state index in [1.807, 2.05) is 0 Å². The van der Waals surface area contributed by atoms with Crippen molar-refractivity contribution in [3.05, 3.63) is 72.5 Å². The molecule has 7 nitrogen and oxygen atoms in total. The second-order valence-electron chi connectivity index (χ2n) is 6.16. The predicted molar refractivity (Wildman–Crippen MR) is 105 cm³/mol. The smallest absolute Gasteiger partial charge is 0.339 e. The van der Waals surface area contributed by atoms with Crippen LogP contribution in [0.25, 0.3) is 0 Å². The number of anilines is 1. The lowest BCUT2D eigenvalue weighted by Gasteiger charge is -2.44. The number of carbonyl (C=O) groups excluding carboxylic acids is 3. The van der Waals surface area contributed by atoms with E-state index in [0.717, 1.165) is 6.08 Å². The Bertz CT molecular complexity index is 973. The van der Waals surface area contributed by atoms with Crippen molar-refractivity contribution in [1.29, 1.82) is 0 Å². The van der Waals surface area contributed by atoms with Gasteiger partial charge in [0.1, 0.15) is 17.5 Å². The van der Waals surface area contributed by atoms with E-state index < -0.39 is 29.8 Å². The molecule has 0 spiro atoms. The summed E-state index contributed by atoms with van der Waals surface area (Å²) in [5, 5.41) is 0. The molecule has 1 aliphatic heterocycles. The van der Waals surface area contributed by atoms with E-state index in [1.54, 1.807) is 36.4 Å². The maximum absolute atomic E-state index is 12.7. The van der Waals surface area contributed by atoms with Crippen LogP contribution in [-0.4, -0.2) is 44.0 Å². The molecule has 2 aromatic carbocycles. The SMILES string of the molecule is C=C=CC(=O)[C@H]1[C@@H](OC(=O)c2ccc(OC)cc2)C(=O)N1c1ccc(OC)cc1. The molecule has 1 fully saturated rings. The lowest BCUT2D eigenvalue weighted by atomic mass is 9.92. The molecule has 148 valence electrons. The number of ketones is 1. The summed E-state index contributed by atoms with van der Waals surface area (Å²) in [5.74, 6) is -0.453. The lowest BCUT2D eigenvalue weighted by molar-refractivity contribution is -0.142. The van der Waals surface area contributed by atoms with Crippen molar-refractivity contribution in [2.45, 2.75) is 12.1 Å². The lowest BCUT2D eigenvalue weighted by Crippen LogP contribution is -2.69. The second kappa shape index (κ2) is 8.46. The van der Waals surface area contributed by atoms with E-state index >= 15 is 0 Å². The molecule has 1 amide bonds. The van der Waals surface area contributed by atoms with Crippen molar-refractivity contribution < 1.29 is 28.6 Å². The molecule has 0 radical (unpaired) electrons. The zero-order chi connectivity index (χ0) is 21.0. The zero-order valence-electron chi connectivity index (χ0n) is 16.0. The van der Waals surface area contributed by atoms with Gasteiger partial charge in [0.25, 0.3) is 5.91 Å². The monoisotopic (exact) mass is 393 g/mol. The van der Waals surface area contributed by atoms with Gasteiger partial charge >= 0.3 is 5.97 Å². The molecule has 0 N–H and O–H groups in total. The van der Waals surface area contributed by atoms with Crippen LogP contribution in [0.15, 0.2) is 66.9 Å². The van der Waals surface area contributed by atoms with Gasteiger partial charge in [0, 0.05) is 11.8 Å². The molecule has 0 unspecified atom stereocenters. The minimum atomic E-state index is -1.23. The van der Waals surface area contributed by atoms with Gasteiger partial charge in [0.2, 0.25) is 6.10 Å². The van der Waals surface area contributed by atoms with Gasteiger partial charge < -0.3 is 14.2 Å². The number of amides is 1. The van der Waals surface area contributed by atoms with E-state index in [1.165, 1.54) is 31.3 Å². The number of rotatable bonds is 7. The number of hydrogen-bond acceptors (Lipinski definition) is 6. The van der Waals surface area contributed by atoms with Crippen LogP contribution in [0, 0.1) is 0 Å². The third-order valence-corrected chi connectivity index (χ3v) is 4.49. The number of β-lactam (4-membered cyclic amide) rings is 1. The van der Waals surface area contributed by atoms with Crippen molar-refractivity contribution in [1.82, 2.24) is 0 Å². The highest BCUT2D eigenvalue weighted by atomic mass is 16.6. The van der Waals surface area contributed by atoms with Crippen molar-refractivity contribution in [2.75, 3.05) is 19.1 Å². The number of ether oxygens (including phenoxy) is 3. The van der Waals surface area contributed by atoms with Crippen molar-refractivity contribution in [3.8, 4) is 11.5 Å². The van der Waals surface area contributed by atoms with E-state index in [4.69, 9.17) is 14.2 Å². The number of benzene rings is 2. The Morgan fingerprint density at radius 1 is 1.00 bits per heavy atom. The Morgan fingerprint density at radius 2 is 1.55 bits per heavy atom. The molecule has 2 aromatic rings. The molecule has 7 heteroatoms. The zero-order valence-corrected chi connectivity index (χ0v) is 16.0. The second-order valence-corrected chi connectivity index (χ2v) is 6.16. The summed E-state index contributed by atoms with van der Waals surface area (Å²) in [7, 11) is 3.04. The summed E-state index contributed by atoms with van der Waals surface area (Å²) in [6, 6.07) is 11.9. The van der Waals surface area contributed by atoms with Crippen molar-refractivity contribution in [3.63, 3.8) is 0 Å². The summed E-state index contributed by atoms with van der Waals surface area (Å²) >= 11 is 0. The van der Waals surface area contributed by atoms with Crippen LogP contribution in [0.3, 0.4) is 0 Å². The third-order valence-electron chi connectivity index (χ3n) is 4.49. The van der Waals surface area contributed by atoms with Crippen LogP contribution in [0.2, 0.25) is 0 Å². The number of esters is 1. The van der Waals surface area contributed by atoms with Crippen LogP contribution in [0.4, 0.5) is 5.69 Å². The predicted octanol–water partition coefficient (Wildman–Crippen LogP) is 2.55. The molecule has 1 aliphatic rings. The quantitative estimate of drug-likeness (QED) is 0.311. The van der Waals surface area contributed by atoms with Crippen LogP contribution in [-0.2, 0) is 14.3 Å². The summed E-state index contributed by atoms with van der Waals surface area (Å²) in [6.07, 6.45) is -0.106. The van der Waals surface area contributed by atoms with Crippen molar-refractivity contribution in [2.24, 2.45) is 0 Å². The highest BCUT2D eigenvalue weighted by molar-refractivity contribution is 6.17. The molecule has 1 heterocycles. The number of carbonyl (C=O) groups is 3. The van der Waals surface area contributed by atoms with E-state index in [0.29, 0.717) is 17.2 Å². The number of hydrogen-bond donors (Lipinski definition) is 0. The largest absolute Gasteiger partial charge is 0.497 e. The molecule has 1 saturated heterocycles. The topological polar surface area (TPSA) is 82.1 Å². The van der Waals surface area contributed by atoms with Crippen molar-refractivity contribution >= 4 is 23.3 Å². The van der Waals surface area contributed by atoms with Gasteiger partial charge in [-0.2, -0.15) is 0 Å². The Labute approximate surface area is 167 Å². The summed E-state index contributed by atoms with van der Waals surface area (Å²) in [5.41, 5.74) is 3.13. The molecular weight excluding hydrogens is 374 g/mol. The molecule has 0 saturated carbocycles. The summed E-state index contributed by atoms with van der Waals surface area (Å²) in [6.45, 7) is 3.39. The average molecular weight is 393 g/mol. The third kappa shape index (κ3) is 3.90. The summed E-state index contributed by atoms with van der Waals surface area (Å²) in [4.78, 5) is 38.9. The fraction of sp³-hybridized carbons (Fsp3) is 0.182. The van der Waals surface area contributed by atoms with Crippen LogP contribution >= 0.6 is 0 Å². The molecule has 0 aliphatic carbocycles. The fourth-order valence-corrected chi connectivity index (χ4v) is 2.98. The van der Waals surface area contributed by atoms with E-state index in [-0.39, 0.29) is 5.56 Å². The van der Waals surface area contributed by atoms with Crippen LogP contribution in [0.1, 0.15) is 10.4 Å². The molecule has 0 aromatic heterocycles. The minimum absolute atomic E-state index is 0.243. The first-order valence-corrected chi connectivity index (χ1v) is 8.72. The fourth-order valence-electron chi connectivity index (χ4n) is 2.98.